The van der Waals surface area contributed by atoms with Gasteiger partial charge in [-0.05, 0) is 44.0 Å². The number of benzene rings is 1. The van der Waals surface area contributed by atoms with Crippen LogP contribution < -0.4 is 10.1 Å². The molecule has 4 rings (SSSR count). The van der Waals surface area contributed by atoms with Crippen molar-refractivity contribution in [3.8, 4) is 11.4 Å². The average Bonchev–Trinajstić information content (AvgIpc) is 3.31. The fraction of sp³-hybridized carbons (Fsp3) is 0.353. The van der Waals surface area contributed by atoms with Gasteiger partial charge in [0.15, 0.2) is 17.0 Å². The van der Waals surface area contributed by atoms with Crippen LogP contribution in [0.25, 0.3) is 16.9 Å². The Bertz CT molecular complexity index is 932. The van der Waals surface area contributed by atoms with Crippen LogP contribution in [0.15, 0.2) is 30.6 Å². The normalized spacial score (nSPS) is 14.6. The van der Waals surface area contributed by atoms with Gasteiger partial charge in [0.1, 0.15) is 12.1 Å². The summed E-state index contributed by atoms with van der Waals surface area (Å²) in [6.45, 7) is 2.41. The number of alkyl halides is 3. The van der Waals surface area contributed by atoms with Gasteiger partial charge in [-0.15, -0.1) is 0 Å². The summed E-state index contributed by atoms with van der Waals surface area (Å²) in [4.78, 5) is 11.6. The van der Waals surface area contributed by atoms with Crippen molar-refractivity contribution in [2.45, 2.75) is 32.0 Å². The van der Waals surface area contributed by atoms with Crippen LogP contribution >= 0.6 is 0 Å². The minimum absolute atomic E-state index is 0.111. The first-order valence-corrected chi connectivity index (χ1v) is 8.28. The van der Waals surface area contributed by atoms with E-state index in [2.05, 4.69) is 20.3 Å². The molecule has 0 radical (unpaired) electrons. The fourth-order valence-electron chi connectivity index (χ4n) is 2.61. The molecule has 0 atom stereocenters. The molecule has 0 bridgehead atoms. The van der Waals surface area contributed by atoms with E-state index in [1.165, 1.54) is 10.9 Å². The highest BCUT2D eigenvalue weighted by Gasteiger charge is 2.37. The summed E-state index contributed by atoms with van der Waals surface area (Å²) in [5.74, 6) is -0.377. The third-order valence-electron chi connectivity index (χ3n) is 3.99. The van der Waals surface area contributed by atoms with Crippen LogP contribution in [0.2, 0.25) is 0 Å². The standard InChI is InChI=1S/C17H16F3N5O/c1-2-26-12-7-5-11(6-8-12)25-9-21-13-14(22-10-3-4-10)23-16(17(18,19)20)24-15(13)25/h5-10H,2-4H2,1H3,(H,22,23,24). The number of fused-ring (bicyclic) bond motifs is 1. The van der Waals surface area contributed by atoms with E-state index in [1.807, 2.05) is 6.92 Å². The largest absolute Gasteiger partial charge is 0.494 e. The number of hydrogen-bond donors (Lipinski definition) is 1. The molecule has 0 unspecified atom stereocenters. The third kappa shape index (κ3) is 3.16. The maximum Gasteiger partial charge on any atom is 0.451 e. The maximum atomic E-state index is 13.2. The van der Waals surface area contributed by atoms with Crippen LogP contribution in [0.3, 0.4) is 0 Å². The minimum atomic E-state index is -4.64. The van der Waals surface area contributed by atoms with Crippen LogP contribution in [0.4, 0.5) is 19.0 Å². The predicted octanol–water partition coefficient (Wildman–Crippen LogP) is 3.81. The Morgan fingerprint density at radius 2 is 1.92 bits per heavy atom. The molecule has 26 heavy (non-hydrogen) atoms. The average molecular weight is 363 g/mol. The van der Waals surface area contributed by atoms with Crippen molar-refractivity contribution in [3.63, 3.8) is 0 Å². The number of hydrogen-bond acceptors (Lipinski definition) is 5. The van der Waals surface area contributed by atoms with Gasteiger partial charge in [-0.3, -0.25) is 4.57 Å². The predicted molar refractivity (Wildman–Crippen MR) is 89.5 cm³/mol. The van der Waals surface area contributed by atoms with Gasteiger partial charge in [-0.2, -0.15) is 13.2 Å². The first kappa shape index (κ1) is 16.6. The second kappa shape index (κ2) is 6.15. The van der Waals surface area contributed by atoms with Gasteiger partial charge in [0.25, 0.3) is 0 Å². The van der Waals surface area contributed by atoms with Gasteiger partial charge in [-0.25, -0.2) is 15.0 Å². The molecule has 1 saturated carbocycles. The van der Waals surface area contributed by atoms with Crippen molar-refractivity contribution >= 4 is 17.0 Å². The third-order valence-corrected chi connectivity index (χ3v) is 3.99. The smallest absolute Gasteiger partial charge is 0.451 e. The lowest BCUT2D eigenvalue weighted by molar-refractivity contribution is -0.144. The summed E-state index contributed by atoms with van der Waals surface area (Å²) in [5.41, 5.74) is 1.07. The molecule has 1 fully saturated rings. The van der Waals surface area contributed by atoms with Crippen molar-refractivity contribution in [1.82, 2.24) is 19.5 Å². The van der Waals surface area contributed by atoms with Crippen molar-refractivity contribution in [3.05, 3.63) is 36.4 Å². The molecule has 1 aromatic carbocycles. The second-order valence-corrected chi connectivity index (χ2v) is 6.03. The minimum Gasteiger partial charge on any atom is -0.494 e. The maximum absolute atomic E-state index is 13.2. The zero-order chi connectivity index (χ0) is 18.3. The molecule has 0 amide bonds. The van der Waals surface area contributed by atoms with Crippen molar-refractivity contribution < 1.29 is 17.9 Å². The van der Waals surface area contributed by atoms with Gasteiger partial charge in [0.2, 0.25) is 5.82 Å². The first-order chi connectivity index (χ1) is 12.5. The van der Waals surface area contributed by atoms with Crippen LogP contribution in [-0.2, 0) is 6.18 Å². The zero-order valence-corrected chi connectivity index (χ0v) is 13.9. The van der Waals surface area contributed by atoms with E-state index in [9.17, 15) is 13.2 Å². The van der Waals surface area contributed by atoms with E-state index in [-0.39, 0.29) is 17.5 Å². The highest BCUT2D eigenvalue weighted by molar-refractivity contribution is 5.84. The van der Waals surface area contributed by atoms with E-state index in [0.717, 1.165) is 12.8 Å². The lowest BCUT2D eigenvalue weighted by atomic mass is 10.3. The topological polar surface area (TPSA) is 64.9 Å². The molecule has 136 valence electrons. The summed E-state index contributed by atoms with van der Waals surface area (Å²) >= 11 is 0. The molecule has 0 spiro atoms. The second-order valence-electron chi connectivity index (χ2n) is 6.03. The highest BCUT2D eigenvalue weighted by Crippen LogP contribution is 2.33. The molecule has 1 N–H and O–H groups in total. The molecule has 6 nitrogen and oxygen atoms in total. The van der Waals surface area contributed by atoms with Gasteiger partial charge < -0.3 is 10.1 Å². The lowest BCUT2D eigenvalue weighted by Gasteiger charge is -2.11. The number of imidazole rings is 1. The first-order valence-electron chi connectivity index (χ1n) is 8.28. The number of halogens is 3. The van der Waals surface area contributed by atoms with Crippen LogP contribution in [0, 0.1) is 0 Å². The van der Waals surface area contributed by atoms with E-state index >= 15 is 0 Å². The Balaban J connectivity index is 1.82. The Morgan fingerprint density at radius 3 is 2.54 bits per heavy atom. The molecular weight excluding hydrogens is 347 g/mol. The molecule has 1 aliphatic carbocycles. The molecule has 1 aliphatic rings. The summed E-state index contributed by atoms with van der Waals surface area (Å²) in [6, 6.07) is 7.13. The number of aromatic nitrogens is 4. The molecule has 0 aliphatic heterocycles. The number of anilines is 1. The molecular formula is C17H16F3N5O. The Labute approximate surface area is 147 Å². The summed E-state index contributed by atoms with van der Waals surface area (Å²) in [7, 11) is 0. The van der Waals surface area contributed by atoms with Crippen LogP contribution in [-0.4, -0.2) is 32.2 Å². The monoisotopic (exact) mass is 363 g/mol. The van der Waals surface area contributed by atoms with Gasteiger partial charge in [0, 0.05) is 11.7 Å². The lowest BCUT2D eigenvalue weighted by Crippen LogP contribution is -2.15. The van der Waals surface area contributed by atoms with Gasteiger partial charge in [-0.1, -0.05) is 0 Å². The molecule has 2 aromatic heterocycles. The highest BCUT2D eigenvalue weighted by atomic mass is 19.4. The van der Waals surface area contributed by atoms with E-state index in [1.54, 1.807) is 24.3 Å². The number of rotatable bonds is 5. The van der Waals surface area contributed by atoms with Crippen LogP contribution in [0.1, 0.15) is 25.6 Å². The molecule has 2 heterocycles. The Morgan fingerprint density at radius 1 is 1.19 bits per heavy atom. The van der Waals surface area contributed by atoms with Gasteiger partial charge in [0.05, 0.1) is 6.61 Å². The molecule has 0 saturated heterocycles. The summed E-state index contributed by atoms with van der Waals surface area (Å²) in [6.07, 6.45) is -1.37. The Hall–Kier alpha value is -2.84. The van der Waals surface area contributed by atoms with Crippen molar-refractivity contribution in [2.75, 3.05) is 11.9 Å². The van der Waals surface area contributed by atoms with E-state index < -0.39 is 12.0 Å². The van der Waals surface area contributed by atoms with E-state index in [0.29, 0.717) is 23.6 Å². The number of nitrogens with one attached hydrogen (secondary N) is 1. The summed E-state index contributed by atoms with van der Waals surface area (Å²) < 4.78 is 46.6. The summed E-state index contributed by atoms with van der Waals surface area (Å²) in [5, 5.41) is 3.02. The Kier molecular flexibility index (Phi) is 3.93. The fourth-order valence-corrected chi connectivity index (χ4v) is 2.61. The van der Waals surface area contributed by atoms with Gasteiger partial charge >= 0.3 is 6.18 Å². The van der Waals surface area contributed by atoms with Crippen LogP contribution in [0.5, 0.6) is 5.75 Å². The SMILES string of the molecule is CCOc1ccc(-n2cnc3c(NC4CC4)nc(C(F)(F)F)nc32)cc1. The molecule has 3 aromatic rings. The zero-order valence-electron chi connectivity index (χ0n) is 13.9. The van der Waals surface area contributed by atoms with Crippen molar-refractivity contribution in [2.24, 2.45) is 0 Å². The van der Waals surface area contributed by atoms with Crippen molar-refractivity contribution in [1.29, 1.82) is 0 Å². The number of ether oxygens (including phenoxy) is 1. The molecule has 9 heteroatoms. The quantitative estimate of drug-likeness (QED) is 0.747. The number of nitrogens with zero attached hydrogens (tertiary/aromatic N) is 4. The van der Waals surface area contributed by atoms with E-state index in [4.69, 9.17) is 4.74 Å².